The van der Waals surface area contributed by atoms with Crippen molar-refractivity contribution < 1.29 is 18.3 Å². The summed E-state index contributed by atoms with van der Waals surface area (Å²) in [6, 6.07) is 5.72. The van der Waals surface area contributed by atoms with E-state index in [-0.39, 0.29) is 17.3 Å². The number of hydrogen-bond acceptors (Lipinski definition) is 6. The molecule has 0 amide bonds. The summed E-state index contributed by atoms with van der Waals surface area (Å²) >= 11 is 4.90. The minimum absolute atomic E-state index is 0. The molecule has 0 unspecified atom stereocenters. The summed E-state index contributed by atoms with van der Waals surface area (Å²) in [6.45, 7) is 5.71. The molecule has 0 aliphatic carbocycles. The maximum absolute atomic E-state index is 5.72. The van der Waals surface area contributed by atoms with Gasteiger partial charge in [0.15, 0.2) is 11.2 Å². The average molecular weight is 332 g/mol. The Morgan fingerprint density at radius 1 is 1.19 bits per heavy atom. The van der Waals surface area contributed by atoms with Crippen LogP contribution in [0.15, 0.2) is 27.0 Å². The van der Waals surface area contributed by atoms with Crippen LogP contribution in [0.1, 0.15) is 5.56 Å². The fraction of sp³-hybridized carbons (Fsp3) is 0.500. The van der Waals surface area contributed by atoms with E-state index in [9.17, 15) is 0 Å². The third-order valence-electron chi connectivity index (χ3n) is 3.35. The Kier molecular flexibility index (Phi) is 6.20. The molecule has 1 fully saturated rings. The summed E-state index contributed by atoms with van der Waals surface area (Å²) in [6.07, 6.45) is 0. The molecule has 7 heteroatoms. The van der Waals surface area contributed by atoms with Crippen molar-refractivity contribution in [2.75, 3.05) is 39.5 Å². The number of benzene rings is 1. The first kappa shape index (κ1) is 16.5. The molecular weight excluding hydrogens is 314 g/mol. The lowest BCUT2D eigenvalue weighted by molar-refractivity contribution is 0.0181. The SMILES string of the molecule is Cl.S=c1oc2cccc(COCCN3CCOCC3)c2o1. The van der Waals surface area contributed by atoms with Crippen molar-refractivity contribution in [2.24, 2.45) is 0 Å². The van der Waals surface area contributed by atoms with Gasteiger partial charge in [-0.1, -0.05) is 12.1 Å². The molecule has 3 rings (SSSR count). The van der Waals surface area contributed by atoms with Crippen LogP contribution in [0.4, 0.5) is 0 Å². The van der Waals surface area contributed by atoms with Crippen molar-refractivity contribution in [3.8, 4) is 0 Å². The van der Waals surface area contributed by atoms with Gasteiger partial charge in [0.1, 0.15) is 0 Å². The molecular formula is C14H18ClNO4S. The first-order valence-corrected chi connectivity index (χ1v) is 7.13. The molecule has 1 aliphatic heterocycles. The zero-order chi connectivity index (χ0) is 13.8. The van der Waals surface area contributed by atoms with Gasteiger partial charge in [-0.15, -0.1) is 12.4 Å². The van der Waals surface area contributed by atoms with Crippen LogP contribution < -0.4 is 0 Å². The minimum Gasteiger partial charge on any atom is -0.413 e. The number of hydrogen-bond donors (Lipinski definition) is 0. The summed E-state index contributed by atoms with van der Waals surface area (Å²) in [5.74, 6) is 0. The molecule has 0 saturated carbocycles. The summed E-state index contributed by atoms with van der Waals surface area (Å²) in [5.41, 5.74) is 2.32. The second-order valence-corrected chi connectivity index (χ2v) is 5.04. The number of rotatable bonds is 5. The summed E-state index contributed by atoms with van der Waals surface area (Å²) in [4.78, 5) is 2.49. The van der Waals surface area contributed by atoms with Gasteiger partial charge < -0.3 is 18.3 Å². The Labute approximate surface area is 134 Å². The predicted octanol–water partition coefficient (Wildman–Crippen LogP) is 3.03. The Hall–Kier alpha value is -0.920. The zero-order valence-corrected chi connectivity index (χ0v) is 13.2. The van der Waals surface area contributed by atoms with Crippen molar-refractivity contribution in [3.63, 3.8) is 0 Å². The quantitative estimate of drug-likeness (QED) is 0.620. The molecule has 2 aromatic rings. The van der Waals surface area contributed by atoms with Crippen LogP contribution in [-0.2, 0) is 16.1 Å². The summed E-state index contributed by atoms with van der Waals surface area (Å²) in [7, 11) is 0. The van der Waals surface area contributed by atoms with Crippen molar-refractivity contribution in [1.82, 2.24) is 4.90 Å². The highest BCUT2D eigenvalue weighted by Gasteiger charge is 2.10. The van der Waals surface area contributed by atoms with E-state index in [4.69, 9.17) is 30.5 Å². The van der Waals surface area contributed by atoms with E-state index >= 15 is 0 Å². The molecule has 5 nitrogen and oxygen atoms in total. The minimum atomic E-state index is 0. The number of nitrogens with zero attached hydrogens (tertiary/aromatic N) is 1. The highest BCUT2D eigenvalue weighted by atomic mass is 35.5. The molecule has 2 heterocycles. The van der Waals surface area contributed by atoms with Crippen LogP contribution in [0.25, 0.3) is 11.2 Å². The van der Waals surface area contributed by atoms with Crippen molar-refractivity contribution >= 4 is 35.8 Å². The Morgan fingerprint density at radius 2 is 2.00 bits per heavy atom. The molecule has 116 valence electrons. The molecule has 0 spiro atoms. The third-order valence-corrected chi connectivity index (χ3v) is 3.52. The van der Waals surface area contributed by atoms with Gasteiger partial charge in [-0.3, -0.25) is 4.90 Å². The molecule has 0 radical (unpaired) electrons. The lowest BCUT2D eigenvalue weighted by atomic mass is 10.2. The van der Waals surface area contributed by atoms with Gasteiger partial charge in [0.2, 0.25) is 0 Å². The largest absolute Gasteiger partial charge is 0.413 e. The average Bonchev–Trinajstić information content (AvgIpc) is 2.86. The molecule has 1 aliphatic rings. The zero-order valence-electron chi connectivity index (χ0n) is 11.6. The van der Waals surface area contributed by atoms with Crippen LogP contribution in [0, 0.1) is 4.90 Å². The van der Waals surface area contributed by atoms with E-state index in [0.717, 1.165) is 38.4 Å². The Balaban J connectivity index is 0.00000161. The topological polar surface area (TPSA) is 48.0 Å². The summed E-state index contributed by atoms with van der Waals surface area (Å²) in [5, 5.41) is 0. The van der Waals surface area contributed by atoms with Crippen LogP contribution in [0.5, 0.6) is 0 Å². The highest BCUT2D eigenvalue weighted by molar-refractivity contribution is 7.71. The monoisotopic (exact) mass is 331 g/mol. The first-order valence-electron chi connectivity index (χ1n) is 6.72. The normalized spacial score (nSPS) is 16.0. The van der Waals surface area contributed by atoms with E-state index in [1.807, 2.05) is 18.2 Å². The molecule has 1 saturated heterocycles. The predicted molar refractivity (Wildman–Crippen MR) is 83.5 cm³/mol. The van der Waals surface area contributed by atoms with Crippen LogP contribution in [0.3, 0.4) is 0 Å². The van der Waals surface area contributed by atoms with Crippen molar-refractivity contribution in [2.45, 2.75) is 6.61 Å². The fourth-order valence-corrected chi connectivity index (χ4v) is 2.44. The van der Waals surface area contributed by atoms with Gasteiger partial charge in [0.05, 0.1) is 26.4 Å². The Bertz CT molecular complexity index is 621. The lowest BCUT2D eigenvalue weighted by Gasteiger charge is -2.26. The number of ether oxygens (including phenoxy) is 2. The van der Waals surface area contributed by atoms with Gasteiger partial charge in [0.25, 0.3) is 0 Å². The fourth-order valence-electron chi connectivity index (χ4n) is 2.27. The molecule has 0 N–H and O–H groups in total. The molecule has 1 aromatic carbocycles. The molecule has 0 bridgehead atoms. The smallest absolute Gasteiger partial charge is 0.363 e. The van der Waals surface area contributed by atoms with E-state index in [1.165, 1.54) is 0 Å². The molecule has 1 aromatic heterocycles. The first-order chi connectivity index (χ1) is 9.83. The number of fused-ring (bicyclic) bond motifs is 1. The van der Waals surface area contributed by atoms with Gasteiger partial charge >= 0.3 is 4.90 Å². The maximum Gasteiger partial charge on any atom is 0.363 e. The molecule has 0 atom stereocenters. The third kappa shape index (κ3) is 4.28. The van der Waals surface area contributed by atoms with Crippen LogP contribution in [-0.4, -0.2) is 44.4 Å². The molecule has 21 heavy (non-hydrogen) atoms. The van der Waals surface area contributed by atoms with E-state index in [1.54, 1.807) is 0 Å². The standard InChI is InChI=1S/C14H17NO4S.ClH/c20-14-18-12-3-1-2-11(13(12)19-14)10-17-9-6-15-4-7-16-8-5-15;/h1-3H,4-10H2;1H. The van der Waals surface area contributed by atoms with Crippen LogP contribution >= 0.6 is 24.6 Å². The van der Waals surface area contributed by atoms with Crippen molar-refractivity contribution in [3.05, 3.63) is 28.7 Å². The van der Waals surface area contributed by atoms with Gasteiger partial charge in [-0.25, -0.2) is 0 Å². The van der Waals surface area contributed by atoms with Crippen LogP contribution in [0.2, 0.25) is 0 Å². The Morgan fingerprint density at radius 3 is 2.81 bits per heavy atom. The number of morpholine rings is 1. The maximum atomic E-state index is 5.72. The lowest BCUT2D eigenvalue weighted by Crippen LogP contribution is -2.38. The van der Waals surface area contributed by atoms with E-state index < -0.39 is 0 Å². The number of halogens is 1. The van der Waals surface area contributed by atoms with Gasteiger partial charge in [-0.2, -0.15) is 0 Å². The second-order valence-electron chi connectivity index (χ2n) is 4.71. The van der Waals surface area contributed by atoms with E-state index in [2.05, 4.69) is 4.90 Å². The summed E-state index contributed by atoms with van der Waals surface area (Å²) < 4.78 is 21.7. The van der Waals surface area contributed by atoms with E-state index in [0.29, 0.717) is 24.4 Å². The second kappa shape index (κ2) is 7.91. The van der Waals surface area contributed by atoms with Gasteiger partial charge in [0, 0.05) is 37.4 Å². The van der Waals surface area contributed by atoms with Gasteiger partial charge in [-0.05, 0) is 6.07 Å². The highest BCUT2D eigenvalue weighted by Crippen LogP contribution is 2.21. The number of para-hydroxylation sites is 1. The van der Waals surface area contributed by atoms with Crippen molar-refractivity contribution in [1.29, 1.82) is 0 Å².